The molecular weight excluding hydrogens is 263 g/mol. The van der Waals surface area contributed by atoms with E-state index >= 15 is 0 Å². The Balaban J connectivity index is 2.79. The van der Waals surface area contributed by atoms with E-state index in [0.717, 1.165) is 12.8 Å². The van der Waals surface area contributed by atoms with Crippen LogP contribution in [0.4, 0.5) is 4.39 Å². The number of hydrogen-bond acceptors (Lipinski definition) is 4. The van der Waals surface area contributed by atoms with Crippen LogP contribution in [0.2, 0.25) is 0 Å². The SMILES string of the molecule is CCCCOc1ccc(F)cc1C(O)CC(=O)OCC. The van der Waals surface area contributed by atoms with Gasteiger partial charge in [0.1, 0.15) is 11.6 Å². The van der Waals surface area contributed by atoms with Crippen LogP contribution >= 0.6 is 0 Å². The first-order valence-electron chi connectivity index (χ1n) is 6.84. The second kappa shape index (κ2) is 8.53. The van der Waals surface area contributed by atoms with Crippen LogP contribution in [-0.4, -0.2) is 24.3 Å². The second-order valence-electron chi connectivity index (χ2n) is 4.41. The third kappa shape index (κ3) is 5.17. The molecule has 4 nitrogen and oxygen atoms in total. The van der Waals surface area contributed by atoms with Crippen molar-refractivity contribution in [1.82, 2.24) is 0 Å². The molecule has 1 N–H and O–H groups in total. The third-order valence-electron chi connectivity index (χ3n) is 2.75. The summed E-state index contributed by atoms with van der Waals surface area (Å²) in [7, 11) is 0. The maximum Gasteiger partial charge on any atom is 0.308 e. The van der Waals surface area contributed by atoms with E-state index in [0.29, 0.717) is 12.4 Å². The van der Waals surface area contributed by atoms with Crippen LogP contribution in [0.25, 0.3) is 0 Å². The molecule has 1 atom stereocenters. The van der Waals surface area contributed by atoms with Crippen molar-refractivity contribution in [3.8, 4) is 5.75 Å². The van der Waals surface area contributed by atoms with Gasteiger partial charge in [0.15, 0.2) is 0 Å². The van der Waals surface area contributed by atoms with Crippen molar-refractivity contribution < 1.29 is 23.8 Å². The predicted octanol–water partition coefficient (Wildman–Crippen LogP) is 2.99. The van der Waals surface area contributed by atoms with Crippen LogP contribution in [0.3, 0.4) is 0 Å². The van der Waals surface area contributed by atoms with Gasteiger partial charge in [0.25, 0.3) is 0 Å². The highest BCUT2D eigenvalue weighted by Gasteiger charge is 2.19. The molecule has 0 amide bonds. The fourth-order valence-corrected chi connectivity index (χ4v) is 1.73. The molecule has 112 valence electrons. The van der Waals surface area contributed by atoms with E-state index in [2.05, 4.69) is 0 Å². The summed E-state index contributed by atoms with van der Waals surface area (Å²) >= 11 is 0. The molecule has 0 fully saturated rings. The number of carbonyl (C=O) groups excluding carboxylic acids is 1. The zero-order valence-corrected chi connectivity index (χ0v) is 11.9. The summed E-state index contributed by atoms with van der Waals surface area (Å²) in [5.74, 6) is -0.605. The number of ether oxygens (including phenoxy) is 2. The van der Waals surface area contributed by atoms with Crippen molar-refractivity contribution in [2.45, 2.75) is 39.2 Å². The first-order valence-corrected chi connectivity index (χ1v) is 6.84. The van der Waals surface area contributed by atoms with Gasteiger partial charge in [-0.25, -0.2) is 4.39 Å². The lowest BCUT2D eigenvalue weighted by molar-refractivity contribution is -0.145. The Kier molecular flexibility index (Phi) is 7.01. The Morgan fingerprint density at radius 3 is 2.80 bits per heavy atom. The molecular formula is C15H21FO4. The number of halogens is 1. The highest BCUT2D eigenvalue weighted by Crippen LogP contribution is 2.28. The molecule has 0 aliphatic rings. The van der Waals surface area contributed by atoms with Crippen molar-refractivity contribution in [1.29, 1.82) is 0 Å². The lowest BCUT2D eigenvalue weighted by Gasteiger charge is -2.16. The Bertz CT molecular complexity index is 434. The number of aliphatic hydroxyl groups excluding tert-OH is 1. The fourth-order valence-electron chi connectivity index (χ4n) is 1.73. The second-order valence-corrected chi connectivity index (χ2v) is 4.41. The molecule has 0 aliphatic carbocycles. The molecule has 0 aliphatic heterocycles. The van der Waals surface area contributed by atoms with Crippen molar-refractivity contribution >= 4 is 5.97 Å². The van der Waals surface area contributed by atoms with Gasteiger partial charge in [-0.1, -0.05) is 13.3 Å². The number of aliphatic hydroxyl groups is 1. The first-order chi connectivity index (χ1) is 9.58. The van der Waals surface area contributed by atoms with Crippen LogP contribution in [0.5, 0.6) is 5.75 Å². The molecule has 1 aromatic rings. The van der Waals surface area contributed by atoms with Crippen LogP contribution in [0.1, 0.15) is 44.8 Å². The third-order valence-corrected chi connectivity index (χ3v) is 2.75. The monoisotopic (exact) mass is 284 g/mol. The van der Waals surface area contributed by atoms with Crippen LogP contribution in [0, 0.1) is 5.82 Å². The number of unbranched alkanes of at least 4 members (excludes halogenated alkanes) is 1. The number of carbonyl (C=O) groups is 1. The molecule has 1 aromatic carbocycles. The number of hydrogen-bond donors (Lipinski definition) is 1. The highest BCUT2D eigenvalue weighted by molar-refractivity contribution is 5.70. The summed E-state index contributed by atoms with van der Waals surface area (Å²) in [6.45, 7) is 4.45. The van der Waals surface area contributed by atoms with Crippen LogP contribution in [0.15, 0.2) is 18.2 Å². The zero-order valence-electron chi connectivity index (χ0n) is 11.9. The van der Waals surface area contributed by atoms with E-state index in [1.165, 1.54) is 18.2 Å². The summed E-state index contributed by atoms with van der Waals surface area (Å²) in [4.78, 5) is 11.4. The van der Waals surface area contributed by atoms with E-state index in [1.54, 1.807) is 6.92 Å². The maximum atomic E-state index is 13.3. The molecule has 1 rings (SSSR count). The topological polar surface area (TPSA) is 55.8 Å². The van der Waals surface area contributed by atoms with E-state index < -0.39 is 17.9 Å². The Hall–Kier alpha value is -1.62. The van der Waals surface area contributed by atoms with Crippen LogP contribution in [-0.2, 0) is 9.53 Å². The molecule has 1 unspecified atom stereocenters. The van der Waals surface area contributed by atoms with Crippen molar-refractivity contribution in [2.24, 2.45) is 0 Å². The van der Waals surface area contributed by atoms with Gasteiger partial charge in [-0.3, -0.25) is 4.79 Å². The zero-order chi connectivity index (χ0) is 15.0. The minimum Gasteiger partial charge on any atom is -0.493 e. The molecule has 0 bridgehead atoms. The smallest absolute Gasteiger partial charge is 0.308 e. The summed E-state index contributed by atoms with van der Waals surface area (Å²) in [6.07, 6.45) is 0.482. The summed E-state index contributed by atoms with van der Waals surface area (Å²) < 4.78 is 23.6. The van der Waals surface area contributed by atoms with Crippen molar-refractivity contribution in [3.05, 3.63) is 29.6 Å². The standard InChI is InChI=1S/C15H21FO4/c1-3-5-8-20-14-7-6-11(16)9-12(14)13(17)10-15(18)19-4-2/h6-7,9,13,17H,3-5,8,10H2,1-2H3. The largest absolute Gasteiger partial charge is 0.493 e. The van der Waals surface area contributed by atoms with Gasteiger partial charge in [-0.2, -0.15) is 0 Å². The molecule has 5 heteroatoms. The normalized spacial score (nSPS) is 12.0. The van der Waals surface area contributed by atoms with Gasteiger partial charge in [-0.05, 0) is 31.5 Å². The van der Waals surface area contributed by atoms with Gasteiger partial charge in [0.05, 0.1) is 25.7 Å². The average molecular weight is 284 g/mol. The van der Waals surface area contributed by atoms with Crippen LogP contribution < -0.4 is 4.74 Å². The van der Waals surface area contributed by atoms with Crippen molar-refractivity contribution in [2.75, 3.05) is 13.2 Å². The summed E-state index contributed by atoms with van der Waals surface area (Å²) in [6, 6.07) is 3.92. The molecule has 20 heavy (non-hydrogen) atoms. The molecule has 0 saturated carbocycles. The molecule has 0 aromatic heterocycles. The predicted molar refractivity (Wildman–Crippen MR) is 73.0 cm³/mol. The minimum atomic E-state index is -1.14. The van der Waals surface area contributed by atoms with E-state index in [-0.39, 0.29) is 18.6 Å². The van der Waals surface area contributed by atoms with E-state index in [4.69, 9.17) is 9.47 Å². The van der Waals surface area contributed by atoms with Crippen molar-refractivity contribution in [3.63, 3.8) is 0 Å². The van der Waals surface area contributed by atoms with Gasteiger partial charge in [0.2, 0.25) is 0 Å². The van der Waals surface area contributed by atoms with E-state index in [1.807, 2.05) is 6.92 Å². The lowest BCUT2D eigenvalue weighted by atomic mass is 10.1. The van der Waals surface area contributed by atoms with Gasteiger partial charge in [0, 0.05) is 5.56 Å². The number of rotatable bonds is 8. The van der Waals surface area contributed by atoms with Gasteiger partial charge >= 0.3 is 5.97 Å². The molecule has 0 heterocycles. The summed E-state index contributed by atoms with van der Waals surface area (Å²) in [5.41, 5.74) is 0.272. The summed E-state index contributed by atoms with van der Waals surface area (Å²) in [5, 5.41) is 10.0. The molecule has 0 radical (unpaired) electrons. The fraction of sp³-hybridized carbons (Fsp3) is 0.533. The average Bonchev–Trinajstić information content (AvgIpc) is 2.40. The number of benzene rings is 1. The Morgan fingerprint density at radius 1 is 1.40 bits per heavy atom. The molecule has 0 spiro atoms. The molecule has 0 saturated heterocycles. The quantitative estimate of drug-likeness (QED) is 0.589. The first kappa shape index (κ1) is 16.4. The van der Waals surface area contributed by atoms with E-state index in [9.17, 15) is 14.3 Å². The Morgan fingerprint density at radius 2 is 2.15 bits per heavy atom. The lowest BCUT2D eigenvalue weighted by Crippen LogP contribution is -2.11. The Labute approximate surface area is 118 Å². The van der Waals surface area contributed by atoms with Gasteiger partial charge in [-0.15, -0.1) is 0 Å². The minimum absolute atomic E-state index is 0.221. The van der Waals surface area contributed by atoms with Gasteiger partial charge < -0.3 is 14.6 Å². The highest BCUT2D eigenvalue weighted by atomic mass is 19.1. The maximum absolute atomic E-state index is 13.3. The number of esters is 1.